The van der Waals surface area contributed by atoms with Crippen LogP contribution in [0.1, 0.15) is 16.7 Å². The third-order valence-corrected chi connectivity index (χ3v) is 5.70. The molecule has 4 aromatic rings. The number of amides is 1. The predicted octanol–water partition coefficient (Wildman–Crippen LogP) is 4.79. The number of para-hydroxylation sites is 1. The predicted molar refractivity (Wildman–Crippen MR) is 129 cm³/mol. The van der Waals surface area contributed by atoms with Crippen LogP contribution in [0.2, 0.25) is 0 Å². The Bertz CT molecular complexity index is 1220. The fourth-order valence-electron chi connectivity index (χ4n) is 3.06. The number of thioether (sulfide) groups is 1. The molecule has 1 amide bonds. The molecular formula is C25H23N5OS. The first kappa shape index (κ1) is 21.5. The van der Waals surface area contributed by atoms with Gasteiger partial charge in [-0.2, -0.15) is 5.10 Å². The zero-order valence-electron chi connectivity index (χ0n) is 17.9. The van der Waals surface area contributed by atoms with Crippen LogP contribution in [-0.2, 0) is 4.79 Å². The van der Waals surface area contributed by atoms with Crippen molar-refractivity contribution in [1.82, 2.24) is 20.2 Å². The van der Waals surface area contributed by atoms with Gasteiger partial charge in [0.05, 0.1) is 12.0 Å². The molecule has 1 N–H and O–H groups in total. The van der Waals surface area contributed by atoms with Crippen LogP contribution in [0.4, 0.5) is 0 Å². The molecule has 1 heterocycles. The largest absolute Gasteiger partial charge is 0.272 e. The van der Waals surface area contributed by atoms with E-state index in [4.69, 9.17) is 0 Å². The molecule has 32 heavy (non-hydrogen) atoms. The topological polar surface area (TPSA) is 72.2 Å². The Morgan fingerprint density at radius 3 is 2.28 bits per heavy atom. The number of hydrogen-bond donors (Lipinski definition) is 1. The van der Waals surface area contributed by atoms with E-state index in [2.05, 4.69) is 20.7 Å². The quantitative estimate of drug-likeness (QED) is 0.254. The maximum atomic E-state index is 12.3. The lowest BCUT2D eigenvalue weighted by Gasteiger charge is -2.10. The summed E-state index contributed by atoms with van der Waals surface area (Å²) in [4.78, 5) is 12.3. The zero-order chi connectivity index (χ0) is 22.3. The first-order chi connectivity index (χ1) is 15.6. The molecule has 0 atom stereocenters. The highest BCUT2D eigenvalue weighted by Gasteiger charge is 2.17. The monoisotopic (exact) mass is 441 g/mol. The molecular weight excluding hydrogens is 418 g/mol. The number of benzene rings is 3. The van der Waals surface area contributed by atoms with Crippen molar-refractivity contribution >= 4 is 23.9 Å². The van der Waals surface area contributed by atoms with Gasteiger partial charge in [0, 0.05) is 11.3 Å². The lowest BCUT2D eigenvalue weighted by molar-refractivity contribution is -0.118. The Morgan fingerprint density at radius 2 is 1.59 bits per heavy atom. The van der Waals surface area contributed by atoms with Gasteiger partial charge in [0.15, 0.2) is 11.0 Å². The van der Waals surface area contributed by atoms with E-state index in [9.17, 15) is 4.79 Å². The second kappa shape index (κ2) is 10.1. The molecule has 0 saturated heterocycles. The van der Waals surface area contributed by atoms with Crippen LogP contribution < -0.4 is 5.43 Å². The van der Waals surface area contributed by atoms with Gasteiger partial charge >= 0.3 is 0 Å². The van der Waals surface area contributed by atoms with Gasteiger partial charge in [-0.15, -0.1) is 10.2 Å². The van der Waals surface area contributed by atoms with Gasteiger partial charge in [-0.3, -0.25) is 9.36 Å². The Morgan fingerprint density at radius 1 is 0.938 bits per heavy atom. The van der Waals surface area contributed by atoms with Crippen LogP contribution in [0.25, 0.3) is 17.1 Å². The molecule has 1 aromatic heterocycles. The molecule has 0 spiro atoms. The number of carbonyl (C=O) groups excluding carboxylic acids is 1. The first-order valence-corrected chi connectivity index (χ1v) is 11.2. The highest BCUT2D eigenvalue weighted by molar-refractivity contribution is 7.99. The van der Waals surface area contributed by atoms with E-state index >= 15 is 0 Å². The normalized spacial score (nSPS) is 11.1. The maximum Gasteiger partial charge on any atom is 0.250 e. The second-order valence-electron chi connectivity index (χ2n) is 7.34. The highest BCUT2D eigenvalue weighted by atomic mass is 32.2. The average Bonchev–Trinajstić information content (AvgIpc) is 3.24. The number of rotatable bonds is 7. The summed E-state index contributed by atoms with van der Waals surface area (Å²) < 4.78 is 1.97. The lowest BCUT2D eigenvalue weighted by Crippen LogP contribution is -2.20. The van der Waals surface area contributed by atoms with Crippen LogP contribution in [0.5, 0.6) is 0 Å². The summed E-state index contributed by atoms with van der Waals surface area (Å²) in [6, 6.07) is 26.0. The number of carbonyl (C=O) groups is 1. The third kappa shape index (κ3) is 5.31. The molecule has 0 aliphatic carbocycles. The molecule has 7 heteroatoms. The Kier molecular flexibility index (Phi) is 6.77. The first-order valence-electron chi connectivity index (χ1n) is 10.2. The Balaban J connectivity index is 1.49. The lowest BCUT2D eigenvalue weighted by atomic mass is 10.1. The van der Waals surface area contributed by atoms with E-state index in [1.807, 2.05) is 97.3 Å². The molecule has 4 rings (SSSR count). The summed E-state index contributed by atoms with van der Waals surface area (Å²) >= 11 is 1.32. The van der Waals surface area contributed by atoms with Crippen molar-refractivity contribution in [3.63, 3.8) is 0 Å². The SMILES string of the molecule is Cc1ccc(C=NNC(=O)CSc2nnc(-c3ccc(C)cc3)n2-c2ccccc2)cc1. The molecule has 6 nitrogen and oxygen atoms in total. The minimum atomic E-state index is -0.210. The van der Waals surface area contributed by atoms with Crippen molar-refractivity contribution in [2.24, 2.45) is 5.10 Å². The van der Waals surface area contributed by atoms with Crippen LogP contribution in [0, 0.1) is 13.8 Å². The summed E-state index contributed by atoms with van der Waals surface area (Å²) in [6.07, 6.45) is 1.63. The van der Waals surface area contributed by atoms with Gasteiger partial charge in [-0.1, -0.05) is 89.6 Å². The third-order valence-electron chi connectivity index (χ3n) is 4.77. The number of aromatic nitrogens is 3. The van der Waals surface area contributed by atoms with Gasteiger partial charge in [0.25, 0.3) is 5.91 Å². The minimum absolute atomic E-state index is 0.171. The Hall–Kier alpha value is -3.71. The van der Waals surface area contributed by atoms with Crippen LogP contribution in [0.3, 0.4) is 0 Å². The molecule has 0 saturated carbocycles. The summed E-state index contributed by atoms with van der Waals surface area (Å²) in [5.74, 6) is 0.693. The van der Waals surface area contributed by atoms with Gasteiger partial charge in [0.2, 0.25) is 0 Å². The van der Waals surface area contributed by atoms with E-state index in [-0.39, 0.29) is 11.7 Å². The van der Waals surface area contributed by atoms with Gasteiger partial charge in [0.1, 0.15) is 0 Å². The van der Waals surface area contributed by atoms with Gasteiger partial charge in [-0.05, 0) is 31.5 Å². The van der Waals surface area contributed by atoms with E-state index in [0.717, 1.165) is 22.6 Å². The zero-order valence-corrected chi connectivity index (χ0v) is 18.7. The molecule has 0 bridgehead atoms. The minimum Gasteiger partial charge on any atom is -0.272 e. The van der Waals surface area contributed by atoms with Crippen LogP contribution >= 0.6 is 11.8 Å². The number of aryl methyl sites for hydroxylation is 2. The van der Waals surface area contributed by atoms with Crippen LogP contribution in [0.15, 0.2) is 89.1 Å². The molecule has 3 aromatic carbocycles. The van der Waals surface area contributed by atoms with Crippen molar-refractivity contribution in [2.75, 3.05) is 5.75 Å². The molecule has 0 aliphatic heterocycles. The number of nitrogens with one attached hydrogen (secondary N) is 1. The summed E-state index contributed by atoms with van der Waals surface area (Å²) in [6.45, 7) is 4.07. The maximum absolute atomic E-state index is 12.3. The molecule has 0 fully saturated rings. The van der Waals surface area contributed by atoms with Crippen molar-refractivity contribution in [1.29, 1.82) is 0 Å². The summed E-state index contributed by atoms with van der Waals surface area (Å²) in [5, 5.41) is 13.5. The van der Waals surface area contributed by atoms with Crippen molar-refractivity contribution in [3.05, 3.63) is 95.6 Å². The second-order valence-corrected chi connectivity index (χ2v) is 8.28. The fraction of sp³-hybridized carbons (Fsp3) is 0.120. The van der Waals surface area contributed by atoms with Gasteiger partial charge in [-0.25, -0.2) is 5.43 Å². The van der Waals surface area contributed by atoms with E-state index in [0.29, 0.717) is 5.16 Å². The molecule has 0 aliphatic rings. The molecule has 0 radical (unpaired) electrons. The number of hydrogen-bond acceptors (Lipinski definition) is 5. The van der Waals surface area contributed by atoms with Crippen molar-refractivity contribution < 1.29 is 4.79 Å². The number of nitrogens with zero attached hydrogens (tertiary/aromatic N) is 4. The van der Waals surface area contributed by atoms with Gasteiger partial charge < -0.3 is 0 Å². The van der Waals surface area contributed by atoms with Crippen molar-refractivity contribution in [3.8, 4) is 17.1 Å². The van der Waals surface area contributed by atoms with Crippen molar-refractivity contribution in [2.45, 2.75) is 19.0 Å². The summed E-state index contributed by atoms with van der Waals surface area (Å²) in [5.41, 5.74) is 7.75. The van der Waals surface area contributed by atoms with Crippen LogP contribution in [-0.4, -0.2) is 32.6 Å². The molecule has 160 valence electrons. The smallest absolute Gasteiger partial charge is 0.250 e. The van der Waals surface area contributed by atoms with E-state index < -0.39 is 0 Å². The van der Waals surface area contributed by atoms with E-state index in [1.165, 1.54) is 22.9 Å². The highest BCUT2D eigenvalue weighted by Crippen LogP contribution is 2.28. The average molecular weight is 442 g/mol. The Labute approximate surface area is 191 Å². The summed E-state index contributed by atoms with van der Waals surface area (Å²) in [7, 11) is 0. The fourth-order valence-corrected chi connectivity index (χ4v) is 3.80. The molecule has 0 unspecified atom stereocenters. The standard InChI is InChI=1S/C25H23N5OS/c1-18-8-12-20(13-9-18)16-26-27-23(31)17-32-25-29-28-24(21-14-10-19(2)11-15-21)30(25)22-6-4-3-5-7-22/h3-16H,17H2,1-2H3,(H,27,31). The van der Waals surface area contributed by atoms with E-state index in [1.54, 1.807) is 6.21 Å². The number of hydrazone groups is 1.